The molecule has 0 bridgehead atoms. The lowest BCUT2D eigenvalue weighted by molar-refractivity contribution is 0.191. The Hall–Kier alpha value is -0.130. The molecule has 1 unspecified atom stereocenters. The predicted octanol–water partition coefficient (Wildman–Crippen LogP) is 1.90. The van der Waals surface area contributed by atoms with E-state index in [1.54, 1.807) is 11.8 Å². The Morgan fingerprint density at radius 3 is 2.82 bits per heavy atom. The second kappa shape index (κ2) is 7.97. The first-order chi connectivity index (χ1) is 5.31. The number of rotatable bonds is 5. The van der Waals surface area contributed by atoms with Crippen molar-refractivity contribution >= 4 is 11.8 Å². The zero-order chi connectivity index (χ0) is 8.53. The van der Waals surface area contributed by atoms with Gasteiger partial charge in [0.2, 0.25) is 0 Å². The molecule has 0 heterocycles. The highest BCUT2D eigenvalue weighted by atomic mass is 32.2. The molecule has 1 N–H and O–H groups in total. The van der Waals surface area contributed by atoms with E-state index in [0.717, 1.165) is 24.3 Å². The lowest BCUT2D eigenvalue weighted by Crippen LogP contribution is -2.09. The van der Waals surface area contributed by atoms with E-state index >= 15 is 0 Å². The van der Waals surface area contributed by atoms with Crippen molar-refractivity contribution in [2.45, 2.75) is 32.8 Å². The molecule has 0 spiro atoms. The molecule has 1 atom stereocenters. The molecule has 0 fully saturated rings. The average Bonchev–Trinajstić information content (AvgIpc) is 2.01. The molecule has 0 aromatic rings. The number of aliphatic hydroxyl groups is 1. The summed E-state index contributed by atoms with van der Waals surface area (Å²) in [7, 11) is 0. The first-order valence-electron chi connectivity index (χ1n) is 3.96. The standard InChI is InChI=1S/C9H16OS/c1-3-5-6-7-9(10)8-11-4-2/h9-10H,4,6-8H2,1-2H3. The normalized spacial score (nSPS) is 11.9. The van der Waals surface area contributed by atoms with E-state index < -0.39 is 0 Å². The van der Waals surface area contributed by atoms with Gasteiger partial charge in [0.1, 0.15) is 0 Å². The Balaban J connectivity index is 3.19. The molecular weight excluding hydrogens is 156 g/mol. The summed E-state index contributed by atoms with van der Waals surface area (Å²) in [5, 5.41) is 9.32. The van der Waals surface area contributed by atoms with Crippen molar-refractivity contribution in [3.8, 4) is 11.8 Å². The molecule has 0 aromatic carbocycles. The largest absolute Gasteiger partial charge is 0.392 e. The Morgan fingerprint density at radius 2 is 2.27 bits per heavy atom. The van der Waals surface area contributed by atoms with Crippen molar-refractivity contribution in [1.82, 2.24) is 0 Å². The Morgan fingerprint density at radius 1 is 1.55 bits per heavy atom. The van der Waals surface area contributed by atoms with Crippen molar-refractivity contribution in [3.05, 3.63) is 0 Å². The molecule has 0 aliphatic rings. The molecule has 0 saturated heterocycles. The molecule has 0 radical (unpaired) electrons. The van der Waals surface area contributed by atoms with Crippen LogP contribution in [0, 0.1) is 11.8 Å². The van der Waals surface area contributed by atoms with Gasteiger partial charge in [-0.25, -0.2) is 0 Å². The number of hydrogen-bond donors (Lipinski definition) is 1. The van der Waals surface area contributed by atoms with Crippen LogP contribution in [0.25, 0.3) is 0 Å². The minimum Gasteiger partial charge on any atom is -0.392 e. The van der Waals surface area contributed by atoms with Gasteiger partial charge in [0.25, 0.3) is 0 Å². The minimum atomic E-state index is -0.166. The van der Waals surface area contributed by atoms with Gasteiger partial charge < -0.3 is 5.11 Å². The summed E-state index contributed by atoms with van der Waals surface area (Å²) >= 11 is 1.78. The third-order valence-corrected chi connectivity index (χ3v) is 2.32. The summed E-state index contributed by atoms with van der Waals surface area (Å²) in [6.07, 6.45) is 1.47. The van der Waals surface area contributed by atoms with Crippen LogP contribution in [-0.4, -0.2) is 22.7 Å². The van der Waals surface area contributed by atoms with E-state index in [0.29, 0.717) is 0 Å². The maximum absolute atomic E-state index is 9.32. The van der Waals surface area contributed by atoms with Crippen LogP contribution in [0.1, 0.15) is 26.7 Å². The van der Waals surface area contributed by atoms with Gasteiger partial charge in [0.15, 0.2) is 0 Å². The van der Waals surface area contributed by atoms with E-state index in [9.17, 15) is 5.11 Å². The number of thioether (sulfide) groups is 1. The van der Waals surface area contributed by atoms with Crippen molar-refractivity contribution in [1.29, 1.82) is 0 Å². The third-order valence-electron chi connectivity index (χ3n) is 1.29. The van der Waals surface area contributed by atoms with Crippen LogP contribution in [0.5, 0.6) is 0 Å². The summed E-state index contributed by atoms with van der Waals surface area (Å²) in [5.41, 5.74) is 0. The van der Waals surface area contributed by atoms with Crippen molar-refractivity contribution in [2.75, 3.05) is 11.5 Å². The van der Waals surface area contributed by atoms with Gasteiger partial charge in [-0.2, -0.15) is 11.8 Å². The summed E-state index contributed by atoms with van der Waals surface area (Å²) in [5.74, 6) is 7.68. The van der Waals surface area contributed by atoms with Crippen LogP contribution in [0.3, 0.4) is 0 Å². The van der Waals surface area contributed by atoms with Gasteiger partial charge in [-0.3, -0.25) is 0 Å². The molecule has 0 aliphatic carbocycles. The minimum absolute atomic E-state index is 0.166. The maximum Gasteiger partial charge on any atom is 0.0639 e. The molecule has 0 aromatic heterocycles. The Kier molecular flexibility index (Phi) is 7.88. The van der Waals surface area contributed by atoms with Crippen molar-refractivity contribution in [2.24, 2.45) is 0 Å². The summed E-state index contributed by atoms with van der Waals surface area (Å²) in [6, 6.07) is 0. The number of hydrogen-bond acceptors (Lipinski definition) is 2. The van der Waals surface area contributed by atoms with Crippen LogP contribution >= 0.6 is 11.8 Å². The predicted molar refractivity (Wildman–Crippen MR) is 51.7 cm³/mol. The summed E-state index contributed by atoms with van der Waals surface area (Å²) in [6.45, 7) is 3.93. The molecule has 1 nitrogen and oxygen atoms in total. The van der Waals surface area contributed by atoms with Gasteiger partial charge >= 0.3 is 0 Å². The van der Waals surface area contributed by atoms with Gasteiger partial charge in [-0.15, -0.1) is 11.8 Å². The topological polar surface area (TPSA) is 20.2 Å². The van der Waals surface area contributed by atoms with Crippen molar-refractivity contribution in [3.63, 3.8) is 0 Å². The molecule has 0 aliphatic heterocycles. The molecule has 11 heavy (non-hydrogen) atoms. The van der Waals surface area contributed by atoms with E-state index in [2.05, 4.69) is 18.8 Å². The van der Waals surface area contributed by atoms with Gasteiger partial charge in [0, 0.05) is 12.2 Å². The van der Waals surface area contributed by atoms with Crippen LogP contribution < -0.4 is 0 Å². The monoisotopic (exact) mass is 172 g/mol. The SMILES string of the molecule is CC#CCCC(O)CSCC. The fourth-order valence-corrected chi connectivity index (χ4v) is 1.38. The van der Waals surface area contributed by atoms with Crippen molar-refractivity contribution < 1.29 is 5.11 Å². The fraction of sp³-hybridized carbons (Fsp3) is 0.778. The summed E-state index contributed by atoms with van der Waals surface area (Å²) < 4.78 is 0. The first kappa shape index (κ1) is 10.9. The third kappa shape index (κ3) is 7.77. The van der Waals surface area contributed by atoms with Crippen LogP contribution in [0.4, 0.5) is 0 Å². The molecule has 64 valence electrons. The second-order valence-electron chi connectivity index (χ2n) is 2.28. The van der Waals surface area contributed by atoms with Crippen LogP contribution in [0.15, 0.2) is 0 Å². The molecule has 2 heteroatoms. The van der Waals surface area contributed by atoms with Crippen LogP contribution in [0.2, 0.25) is 0 Å². The first-order valence-corrected chi connectivity index (χ1v) is 5.12. The summed E-state index contributed by atoms with van der Waals surface area (Å²) in [4.78, 5) is 0. The average molecular weight is 172 g/mol. The molecule has 0 rings (SSSR count). The maximum atomic E-state index is 9.32. The molecular formula is C9H16OS. The lowest BCUT2D eigenvalue weighted by atomic mass is 10.2. The van der Waals surface area contributed by atoms with E-state index in [1.807, 2.05) is 6.92 Å². The molecule has 0 saturated carbocycles. The smallest absolute Gasteiger partial charge is 0.0639 e. The zero-order valence-electron chi connectivity index (χ0n) is 7.26. The van der Waals surface area contributed by atoms with Gasteiger partial charge in [-0.1, -0.05) is 6.92 Å². The van der Waals surface area contributed by atoms with E-state index in [-0.39, 0.29) is 6.10 Å². The Bertz CT molecular complexity index is 134. The zero-order valence-corrected chi connectivity index (χ0v) is 8.08. The Labute approximate surface area is 73.6 Å². The van der Waals surface area contributed by atoms with E-state index in [4.69, 9.17) is 0 Å². The van der Waals surface area contributed by atoms with Gasteiger partial charge in [0.05, 0.1) is 6.10 Å². The highest BCUT2D eigenvalue weighted by Crippen LogP contribution is 2.05. The van der Waals surface area contributed by atoms with E-state index in [1.165, 1.54) is 0 Å². The highest BCUT2D eigenvalue weighted by molar-refractivity contribution is 7.99. The quantitative estimate of drug-likeness (QED) is 0.639. The highest BCUT2D eigenvalue weighted by Gasteiger charge is 2.00. The fourth-order valence-electron chi connectivity index (χ4n) is 0.701. The number of aliphatic hydroxyl groups excluding tert-OH is 1. The molecule has 0 amide bonds. The second-order valence-corrected chi connectivity index (χ2v) is 3.60. The lowest BCUT2D eigenvalue weighted by Gasteiger charge is -2.05. The van der Waals surface area contributed by atoms with Gasteiger partial charge in [-0.05, 0) is 19.1 Å². The van der Waals surface area contributed by atoms with Crippen LogP contribution in [-0.2, 0) is 0 Å².